The van der Waals surface area contributed by atoms with Crippen LogP contribution in [0.4, 0.5) is 0 Å². The van der Waals surface area contributed by atoms with Crippen molar-refractivity contribution in [3.05, 3.63) is 35.9 Å². The highest BCUT2D eigenvalue weighted by Gasteiger charge is 2.21. The van der Waals surface area contributed by atoms with Crippen molar-refractivity contribution in [1.82, 2.24) is 0 Å². The fourth-order valence-corrected chi connectivity index (χ4v) is 3.51. The van der Waals surface area contributed by atoms with Crippen LogP contribution in [-0.4, -0.2) is 30.5 Å². The summed E-state index contributed by atoms with van der Waals surface area (Å²) in [5.74, 6) is 3.92. The van der Waals surface area contributed by atoms with E-state index >= 15 is 0 Å². The SMILES string of the molecule is c1ccc(CC[S+]2CCOCC2)cc1. The van der Waals surface area contributed by atoms with Gasteiger partial charge in [-0.15, -0.1) is 0 Å². The van der Waals surface area contributed by atoms with Gasteiger partial charge in [0.25, 0.3) is 0 Å². The predicted octanol–water partition coefficient (Wildman–Crippen LogP) is 1.88. The number of hydrogen-bond acceptors (Lipinski definition) is 1. The molecule has 1 aromatic carbocycles. The van der Waals surface area contributed by atoms with E-state index in [9.17, 15) is 0 Å². The van der Waals surface area contributed by atoms with Gasteiger partial charge in [-0.25, -0.2) is 0 Å². The molecule has 14 heavy (non-hydrogen) atoms. The molecule has 1 nitrogen and oxygen atoms in total. The zero-order valence-electron chi connectivity index (χ0n) is 8.45. The highest BCUT2D eigenvalue weighted by molar-refractivity contribution is 7.96. The number of benzene rings is 1. The standard InChI is InChI=1S/C12H17OS/c1-2-4-12(5-3-1)6-9-14-10-7-13-8-11-14/h1-5H,6-11H2/q+1. The van der Waals surface area contributed by atoms with E-state index in [1.165, 1.54) is 29.2 Å². The number of ether oxygens (including phenoxy) is 1. The van der Waals surface area contributed by atoms with Crippen LogP contribution in [0.5, 0.6) is 0 Å². The van der Waals surface area contributed by atoms with Gasteiger partial charge in [0, 0.05) is 6.42 Å². The first kappa shape index (κ1) is 10.1. The Labute approximate surface area is 88.8 Å². The summed E-state index contributed by atoms with van der Waals surface area (Å²) < 4.78 is 5.36. The molecule has 0 saturated carbocycles. The summed E-state index contributed by atoms with van der Waals surface area (Å²) >= 11 is 0. The van der Waals surface area contributed by atoms with E-state index in [0.29, 0.717) is 10.9 Å². The molecule has 0 spiro atoms. The van der Waals surface area contributed by atoms with E-state index < -0.39 is 0 Å². The second-order valence-electron chi connectivity index (χ2n) is 3.57. The topological polar surface area (TPSA) is 9.23 Å². The molecule has 0 amide bonds. The zero-order chi connectivity index (χ0) is 9.64. The highest BCUT2D eigenvalue weighted by atomic mass is 32.2. The summed E-state index contributed by atoms with van der Waals surface area (Å²) in [5, 5.41) is 0. The van der Waals surface area contributed by atoms with Crippen LogP contribution >= 0.6 is 0 Å². The van der Waals surface area contributed by atoms with Crippen LogP contribution in [0.2, 0.25) is 0 Å². The number of hydrogen-bond donors (Lipinski definition) is 0. The minimum Gasteiger partial charge on any atom is -0.372 e. The fourth-order valence-electron chi connectivity index (χ4n) is 1.67. The van der Waals surface area contributed by atoms with Gasteiger partial charge < -0.3 is 4.74 Å². The fraction of sp³-hybridized carbons (Fsp3) is 0.500. The Morgan fingerprint density at radius 1 is 1.07 bits per heavy atom. The van der Waals surface area contributed by atoms with E-state index in [1.54, 1.807) is 0 Å². The molecule has 0 aliphatic carbocycles. The zero-order valence-corrected chi connectivity index (χ0v) is 9.26. The minimum atomic E-state index is 0.630. The monoisotopic (exact) mass is 209 g/mol. The van der Waals surface area contributed by atoms with Crippen molar-refractivity contribution in [1.29, 1.82) is 0 Å². The summed E-state index contributed by atoms with van der Waals surface area (Å²) in [6.07, 6.45) is 1.24. The van der Waals surface area contributed by atoms with E-state index in [1.807, 2.05) is 0 Å². The number of aryl methyl sites for hydroxylation is 1. The van der Waals surface area contributed by atoms with Crippen LogP contribution in [0.3, 0.4) is 0 Å². The van der Waals surface area contributed by atoms with Gasteiger partial charge in [-0.05, 0) is 16.5 Å². The van der Waals surface area contributed by atoms with Gasteiger partial charge in [0.1, 0.15) is 17.3 Å². The van der Waals surface area contributed by atoms with Crippen molar-refractivity contribution < 1.29 is 4.74 Å². The highest BCUT2D eigenvalue weighted by Crippen LogP contribution is 2.08. The third-order valence-corrected chi connectivity index (χ3v) is 4.82. The third-order valence-electron chi connectivity index (χ3n) is 2.55. The van der Waals surface area contributed by atoms with Gasteiger partial charge in [-0.1, -0.05) is 30.3 Å². The van der Waals surface area contributed by atoms with Crippen LogP contribution in [0, 0.1) is 0 Å². The van der Waals surface area contributed by atoms with Crippen molar-refractivity contribution in [3.8, 4) is 0 Å². The smallest absolute Gasteiger partial charge is 0.131 e. The second-order valence-corrected chi connectivity index (χ2v) is 6.02. The van der Waals surface area contributed by atoms with Gasteiger partial charge >= 0.3 is 0 Å². The Balaban J connectivity index is 1.76. The van der Waals surface area contributed by atoms with Crippen LogP contribution in [0.25, 0.3) is 0 Å². The van der Waals surface area contributed by atoms with Gasteiger partial charge in [0.15, 0.2) is 0 Å². The molecule has 1 aromatic rings. The molecule has 2 heteroatoms. The van der Waals surface area contributed by atoms with Crippen molar-refractivity contribution >= 4 is 10.9 Å². The molecule has 0 radical (unpaired) electrons. The molecule has 1 saturated heterocycles. The lowest BCUT2D eigenvalue weighted by atomic mass is 10.2. The van der Waals surface area contributed by atoms with Crippen molar-refractivity contribution in [3.63, 3.8) is 0 Å². The van der Waals surface area contributed by atoms with E-state index in [2.05, 4.69) is 30.3 Å². The van der Waals surface area contributed by atoms with Crippen LogP contribution in [0.15, 0.2) is 30.3 Å². The average Bonchev–Trinajstić information content (AvgIpc) is 2.29. The summed E-state index contributed by atoms with van der Waals surface area (Å²) in [6, 6.07) is 10.8. The van der Waals surface area contributed by atoms with Gasteiger partial charge in [0.2, 0.25) is 0 Å². The molecule has 0 aromatic heterocycles. The Bertz CT molecular complexity index is 254. The second kappa shape index (κ2) is 5.42. The molecule has 1 aliphatic heterocycles. The molecule has 76 valence electrons. The first-order valence-electron chi connectivity index (χ1n) is 5.21. The third kappa shape index (κ3) is 3.03. The van der Waals surface area contributed by atoms with Crippen LogP contribution in [0.1, 0.15) is 5.56 Å². The lowest BCUT2D eigenvalue weighted by molar-refractivity contribution is 0.159. The Morgan fingerprint density at radius 3 is 2.50 bits per heavy atom. The summed E-state index contributed by atoms with van der Waals surface area (Å²) in [5.41, 5.74) is 1.48. The van der Waals surface area contributed by atoms with E-state index in [0.717, 1.165) is 13.2 Å². The van der Waals surface area contributed by atoms with Crippen molar-refractivity contribution in [2.45, 2.75) is 6.42 Å². The lowest BCUT2D eigenvalue weighted by Gasteiger charge is -2.14. The van der Waals surface area contributed by atoms with Crippen LogP contribution in [-0.2, 0) is 22.1 Å². The molecule has 0 unspecified atom stereocenters. The quantitative estimate of drug-likeness (QED) is 0.691. The number of rotatable bonds is 3. The first-order valence-corrected chi connectivity index (χ1v) is 6.94. The molecule has 1 fully saturated rings. The Kier molecular flexibility index (Phi) is 3.90. The maximum Gasteiger partial charge on any atom is 0.131 e. The predicted molar refractivity (Wildman–Crippen MR) is 62.9 cm³/mol. The van der Waals surface area contributed by atoms with Gasteiger partial charge in [-0.2, -0.15) is 0 Å². The summed E-state index contributed by atoms with van der Waals surface area (Å²) in [7, 11) is 0.630. The Hall–Kier alpha value is -0.470. The Morgan fingerprint density at radius 2 is 1.79 bits per heavy atom. The van der Waals surface area contributed by atoms with Gasteiger partial charge in [0.05, 0.1) is 13.2 Å². The molecule has 2 rings (SSSR count). The molecular formula is C12H17OS+. The van der Waals surface area contributed by atoms with E-state index in [4.69, 9.17) is 4.74 Å². The van der Waals surface area contributed by atoms with E-state index in [-0.39, 0.29) is 0 Å². The molecular weight excluding hydrogens is 192 g/mol. The first-order chi connectivity index (χ1) is 6.95. The largest absolute Gasteiger partial charge is 0.372 e. The average molecular weight is 209 g/mol. The molecule has 0 bridgehead atoms. The lowest BCUT2D eigenvalue weighted by Crippen LogP contribution is -2.29. The summed E-state index contributed by atoms with van der Waals surface area (Å²) in [4.78, 5) is 0. The molecule has 0 atom stereocenters. The summed E-state index contributed by atoms with van der Waals surface area (Å²) in [6.45, 7) is 1.97. The maximum atomic E-state index is 5.36. The molecule has 1 heterocycles. The molecule has 0 N–H and O–H groups in total. The van der Waals surface area contributed by atoms with Crippen molar-refractivity contribution in [2.24, 2.45) is 0 Å². The normalized spacial score (nSPS) is 18.3. The molecule has 1 aliphatic rings. The maximum absolute atomic E-state index is 5.36. The minimum absolute atomic E-state index is 0.630. The van der Waals surface area contributed by atoms with Crippen molar-refractivity contribution in [2.75, 3.05) is 30.5 Å². The van der Waals surface area contributed by atoms with Gasteiger partial charge in [-0.3, -0.25) is 0 Å². The van der Waals surface area contributed by atoms with Crippen LogP contribution < -0.4 is 0 Å².